The number of nitrogens with zero attached hydrogens (tertiary/aromatic N) is 3. The molecule has 0 aliphatic carbocycles. The summed E-state index contributed by atoms with van der Waals surface area (Å²) < 4.78 is 49.4. The summed E-state index contributed by atoms with van der Waals surface area (Å²) in [4.78, 5) is 18.3. The van der Waals surface area contributed by atoms with Gasteiger partial charge in [-0.2, -0.15) is 0 Å². The van der Waals surface area contributed by atoms with Crippen molar-refractivity contribution in [1.29, 1.82) is 0 Å². The van der Waals surface area contributed by atoms with Crippen molar-refractivity contribution in [3.8, 4) is 0 Å². The molecule has 2 aliphatic heterocycles. The first-order valence-corrected chi connectivity index (χ1v) is 18.4. The van der Waals surface area contributed by atoms with E-state index in [4.69, 9.17) is 11.6 Å². The summed E-state index contributed by atoms with van der Waals surface area (Å²) in [5.41, 5.74) is 1.96. The van der Waals surface area contributed by atoms with Crippen LogP contribution in [0.25, 0.3) is 0 Å². The van der Waals surface area contributed by atoms with E-state index >= 15 is 0 Å². The minimum absolute atomic E-state index is 0.0388. The number of likely N-dealkylation sites (tertiary alicyclic amines) is 1. The highest BCUT2D eigenvalue weighted by Gasteiger charge is 2.32. The molecule has 41 heavy (non-hydrogen) atoms. The van der Waals surface area contributed by atoms with Crippen LogP contribution in [0, 0.1) is 11.8 Å². The first-order valence-electron chi connectivity index (χ1n) is 14.5. The Balaban J connectivity index is 1.28. The van der Waals surface area contributed by atoms with Crippen molar-refractivity contribution in [1.82, 2.24) is 9.21 Å². The third-order valence-corrected chi connectivity index (χ3v) is 11.7. The minimum atomic E-state index is -3.25. The molecular formula is C30H42ClN3O5S2. The van der Waals surface area contributed by atoms with E-state index < -0.39 is 19.9 Å². The van der Waals surface area contributed by atoms with Crippen molar-refractivity contribution in [3.63, 3.8) is 0 Å². The van der Waals surface area contributed by atoms with E-state index in [0.717, 1.165) is 51.0 Å². The lowest BCUT2D eigenvalue weighted by molar-refractivity contribution is -0.123. The molecule has 2 heterocycles. The Morgan fingerprint density at radius 3 is 2.20 bits per heavy atom. The maximum atomic E-state index is 13.6. The molecule has 0 unspecified atom stereocenters. The number of halogens is 1. The number of hydrogen-bond donors (Lipinski definition) is 0. The largest absolute Gasteiger partial charge is 0.312 e. The first kappa shape index (κ1) is 31.9. The smallest absolute Gasteiger partial charge is 0.230 e. The summed E-state index contributed by atoms with van der Waals surface area (Å²) in [5, 5.41) is 0.580. The molecule has 0 radical (unpaired) electrons. The Hall–Kier alpha value is -1.98. The van der Waals surface area contributed by atoms with Gasteiger partial charge in [-0.25, -0.2) is 21.1 Å². The van der Waals surface area contributed by atoms with Crippen molar-refractivity contribution < 1.29 is 21.6 Å². The van der Waals surface area contributed by atoms with E-state index in [2.05, 4.69) is 4.90 Å². The van der Waals surface area contributed by atoms with Gasteiger partial charge in [-0.15, -0.1) is 0 Å². The highest BCUT2D eigenvalue weighted by molar-refractivity contribution is 7.91. The van der Waals surface area contributed by atoms with E-state index in [1.54, 1.807) is 25.1 Å². The molecule has 2 aliphatic rings. The highest BCUT2D eigenvalue weighted by Crippen LogP contribution is 2.27. The van der Waals surface area contributed by atoms with Crippen LogP contribution in [0.15, 0.2) is 53.4 Å². The second-order valence-electron chi connectivity index (χ2n) is 11.3. The first-order chi connectivity index (χ1) is 19.5. The summed E-state index contributed by atoms with van der Waals surface area (Å²) in [5.74, 6) is 0.513. The minimum Gasteiger partial charge on any atom is -0.312 e. The maximum Gasteiger partial charge on any atom is 0.230 e. The number of hydrogen-bond acceptors (Lipinski definition) is 6. The maximum absolute atomic E-state index is 13.6. The second-order valence-corrected chi connectivity index (χ2v) is 16.0. The van der Waals surface area contributed by atoms with Gasteiger partial charge in [0.05, 0.1) is 16.9 Å². The van der Waals surface area contributed by atoms with Gasteiger partial charge >= 0.3 is 0 Å². The molecule has 2 fully saturated rings. The fourth-order valence-corrected chi connectivity index (χ4v) is 7.81. The SMILES string of the molecule is CCS(=O)(=O)c1ccc(CC2CCN(CCCN(C(=O)C3CCN(S(C)(=O)=O)CC3)c3cccc(Cl)c3)CC2)cc1. The van der Waals surface area contributed by atoms with Gasteiger partial charge in [-0.05, 0) is 100.0 Å². The van der Waals surface area contributed by atoms with Gasteiger partial charge in [-0.1, -0.05) is 36.7 Å². The Morgan fingerprint density at radius 1 is 0.951 bits per heavy atom. The lowest BCUT2D eigenvalue weighted by Gasteiger charge is -2.34. The van der Waals surface area contributed by atoms with Crippen LogP contribution in [0.1, 0.15) is 44.6 Å². The molecule has 2 saturated heterocycles. The number of carbonyl (C=O) groups is 1. The molecule has 0 atom stereocenters. The van der Waals surface area contributed by atoms with Crippen molar-refractivity contribution in [2.75, 3.05) is 56.2 Å². The molecule has 226 valence electrons. The summed E-state index contributed by atoms with van der Waals surface area (Å²) in [6.45, 7) is 5.89. The standard InChI is InChI=1S/C30H42ClN3O5S2/c1-3-41(38,39)29-10-8-24(9-11-29)22-25-12-18-32(19-13-25)16-5-17-34(28-7-4-6-27(31)23-28)30(35)26-14-20-33(21-15-26)40(2,36)37/h4,6-11,23,25-26H,3,5,12-22H2,1-2H3. The molecule has 2 aromatic carbocycles. The number of sulfone groups is 1. The van der Waals surface area contributed by atoms with Gasteiger partial charge in [0.25, 0.3) is 0 Å². The molecule has 0 spiro atoms. The molecule has 4 rings (SSSR count). The van der Waals surface area contributed by atoms with Crippen LogP contribution in [0.5, 0.6) is 0 Å². The van der Waals surface area contributed by atoms with Crippen LogP contribution in [-0.4, -0.2) is 83.2 Å². The lowest BCUT2D eigenvalue weighted by atomic mass is 9.90. The van der Waals surface area contributed by atoms with E-state index in [-0.39, 0.29) is 17.6 Å². The molecule has 0 saturated carbocycles. The fourth-order valence-electron chi connectivity index (χ4n) is 5.86. The van der Waals surface area contributed by atoms with Gasteiger partial charge in [0.1, 0.15) is 0 Å². The molecule has 0 N–H and O–H groups in total. The highest BCUT2D eigenvalue weighted by atomic mass is 35.5. The zero-order valence-electron chi connectivity index (χ0n) is 24.0. The number of rotatable bonds is 11. The Morgan fingerprint density at radius 2 is 1.61 bits per heavy atom. The Kier molecular flexibility index (Phi) is 10.9. The third kappa shape index (κ3) is 8.76. The average Bonchev–Trinajstić information content (AvgIpc) is 2.96. The molecule has 2 aromatic rings. The topological polar surface area (TPSA) is 95.1 Å². The average molecular weight is 624 g/mol. The zero-order valence-corrected chi connectivity index (χ0v) is 26.4. The van der Waals surface area contributed by atoms with Gasteiger partial charge in [0.15, 0.2) is 9.84 Å². The molecule has 11 heteroatoms. The van der Waals surface area contributed by atoms with E-state index in [1.807, 2.05) is 35.2 Å². The summed E-state index contributed by atoms with van der Waals surface area (Å²) in [6, 6.07) is 14.7. The second kappa shape index (κ2) is 14.0. The van der Waals surface area contributed by atoms with Crippen molar-refractivity contribution in [3.05, 3.63) is 59.1 Å². The quantitative estimate of drug-likeness (QED) is 0.366. The van der Waals surface area contributed by atoms with Crippen molar-refractivity contribution in [2.24, 2.45) is 11.8 Å². The predicted molar refractivity (Wildman–Crippen MR) is 165 cm³/mol. The number of sulfonamides is 1. The number of anilines is 1. The van der Waals surface area contributed by atoms with Gasteiger partial charge in [0.2, 0.25) is 15.9 Å². The summed E-state index contributed by atoms with van der Waals surface area (Å²) >= 11 is 6.26. The predicted octanol–water partition coefficient (Wildman–Crippen LogP) is 4.48. The zero-order chi connectivity index (χ0) is 29.6. The number of benzene rings is 2. The van der Waals surface area contributed by atoms with E-state index in [0.29, 0.717) is 48.3 Å². The molecule has 0 bridgehead atoms. The normalized spacial score (nSPS) is 18.4. The molecule has 0 aromatic heterocycles. The number of piperidine rings is 2. The van der Waals surface area contributed by atoms with Crippen LogP contribution >= 0.6 is 11.6 Å². The monoisotopic (exact) mass is 623 g/mol. The third-order valence-electron chi connectivity index (χ3n) is 8.41. The number of amides is 1. The van der Waals surface area contributed by atoms with E-state index in [9.17, 15) is 21.6 Å². The number of carbonyl (C=O) groups excluding carboxylic acids is 1. The Labute approximate surface area is 250 Å². The Bertz CT molecular complexity index is 1380. The summed E-state index contributed by atoms with van der Waals surface area (Å²) in [7, 11) is -6.42. The van der Waals surface area contributed by atoms with Gasteiger partial charge in [0, 0.05) is 36.3 Å². The van der Waals surface area contributed by atoms with Crippen LogP contribution in [0.2, 0.25) is 5.02 Å². The van der Waals surface area contributed by atoms with Crippen molar-refractivity contribution >= 4 is 43.1 Å². The van der Waals surface area contributed by atoms with Crippen LogP contribution in [-0.2, 0) is 31.1 Å². The molecule has 1 amide bonds. The molecular weight excluding hydrogens is 582 g/mol. The van der Waals surface area contributed by atoms with Gasteiger partial charge in [-0.3, -0.25) is 4.79 Å². The summed E-state index contributed by atoms with van der Waals surface area (Å²) in [6.07, 6.45) is 6.22. The van der Waals surface area contributed by atoms with Crippen LogP contribution < -0.4 is 4.90 Å². The van der Waals surface area contributed by atoms with Gasteiger partial charge < -0.3 is 9.80 Å². The fraction of sp³-hybridized carbons (Fsp3) is 0.567. The van der Waals surface area contributed by atoms with Crippen LogP contribution in [0.3, 0.4) is 0 Å². The molecule has 8 nitrogen and oxygen atoms in total. The van der Waals surface area contributed by atoms with Crippen molar-refractivity contribution in [2.45, 2.75) is 50.3 Å². The van der Waals surface area contributed by atoms with Crippen LogP contribution in [0.4, 0.5) is 5.69 Å². The lowest BCUT2D eigenvalue weighted by Crippen LogP contribution is -2.45. The van der Waals surface area contributed by atoms with E-state index in [1.165, 1.54) is 16.1 Å².